The van der Waals surface area contributed by atoms with E-state index in [1.807, 2.05) is 21.1 Å². The highest BCUT2D eigenvalue weighted by molar-refractivity contribution is 5.70. The first-order chi connectivity index (χ1) is 6.12. The molecule has 0 aliphatic heterocycles. The van der Waals surface area contributed by atoms with E-state index in [1.165, 1.54) is 0 Å². The number of nitrogens with two attached hydrogens (primary N) is 1. The van der Waals surface area contributed by atoms with Gasteiger partial charge < -0.3 is 20.7 Å². The molecule has 0 aliphatic rings. The number of aliphatic carboxylic acids is 1. The Morgan fingerprint density at radius 3 is 1.79 bits per heavy atom. The van der Waals surface area contributed by atoms with Gasteiger partial charge in [0.2, 0.25) is 0 Å². The van der Waals surface area contributed by atoms with E-state index in [-0.39, 0.29) is 0 Å². The Kier molecular flexibility index (Phi) is 6.94. The van der Waals surface area contributed by atoms with E-state index in [9.17, 15) is 9.90 Å². The zero-order valence-corrected chi connectivity index (χ0v) is 9.31. The second-order valence-corrected chi connectivity index (χ2v) is 3.59. The normalized spacial score (nSPS) is 14.0. The predicted octanol–water partition coefficient (Wildman–Crippen LogP) is -2.25. The van der Waals surface area contributed by atoms with Crippen LogP contribution in [-0.2, 0) is 4.79 Å². The summed E-state index contributed by atoms with van der Waals surface area (Å²) in [7, 11) is 7.62. The summed E-state index contributed by atoms with van der Waals surface area (Å²) in [6.07, 6.45) is -1.34. The fraction of sp³-hybridized carbons (Fsp3) is 0.750. The van der Waals surface area contributed by atoms with E-state index in [0.29, 0.717) is 10.4 Å². The molecule has 0 radical (unpaired) electrons. The van der Waals surface area contributed by atoms with Crippen molar-refractivity contribution in [2.45, 2.75) is 13.0 Å². The lowest BCUT2D eigenvalue weighted by Crippen LogP contribution is -2.46. The number of hydrogen-bond donors (Lipinski definition) is 2. The van der Waals surface area contributed by atoms with Gasteiger partial charge in [-0.25, -0.2) is 4.99 Å². The zero-order valence-electron chi connectivity index (χ0n) is 9.31. The van der Waals surface area contributed by atoms with Gasteiger partial charge in [0.25, 0.3) is 5.96 Å². The van der Waals surface area contributed by atoms with Crippen LogP contribution >= 0.6 is 0 Å². The van der Waals surface area contributed by atoms with Crippen LogP contribution in [-0.4, -0.2) is 55.8 Å². The van der Waals surface area contributed by atoms with Crippen LogP contribution in [0.2, 0.25) is 0 Å². The number of hydrogen-bond acceptors (Lipinski definition) is 4. The number of carbonyl (C=O) groups excluding carboxylic acids is 1. The molecule has 1 unspecified atom stereocenters. The standard InChI is InChI=1S/C5H14N3.C3H6O3/c1-7-5(6)8(2,3)4;1-2(4)3(5)6/h1-4H3,(H2,6,7);2,4H,1H3,(H,5,6)/q+1;/p-1. The summed E-state index contributed by atoms with van der Waals surface area (Å²) in [6.45, 7) is 1.13. The Balaban J connectivity index is 0. The molecule has 0 fully saturated rings. The van der Waals surface area contributed by atoms with Crippen molar-refractivity contribution < 1.29 is 19.5 Å². The van der Waals surface area contributed by atoms with E-state index in [4.69, 9.17) is 10.8 Å². The van der Waals surface area contributed by atoms with E-state index < -0.39 is 12.1 Å². The van der Waals surface area contributed by atoms with Crippen LogP contribution in [0.15, 0.2) is 4.99 Å². The van der Waals surface area contributed by atoms with Crippen LogP contribution in [0.25, 0.3) is 0 Å². The Labute approximate surface area is 84.3 Å². The number of nitrogens with zero attached hydrogens (tertiary/aromatic N) is 2. The van der Waals surface area contributed by atoms with E-state index in [1.54, 1.807) is 7.05 Å². The first-order valence-corrected chi connectivity index (χ1v) is 4.06. The van der Waals surface area contributed by atoms with Gasteiger partial charge in [0.1, 0.15) is 0 Å². The highest BCUT2D eigenvalue weighted by Gasteiger charge is 2.10. The van der Waals surface area contributed by atoms with Crippen molar-refractivity contribution >= 4 is 11.9 Å². The number of aliphatic imine (C=N–C) groups is 1. The Morgan fingerprint density at radius 2 is 1.79 bits per heavy atom. The highest BCUT2D eigenvalue weighted by Crippen LogP contribution is 1.86. The molecule has 0 saturated carbocycles. The van der Waals surface area contributed by atoms with Crippen molar-refractivity contribution in [3.63, 3.8) is 0 Å². The van der Waals surface area contributed by atoms with Gasteiger partial charge in [0.05, 0.1) is 33.2 Å². The third-order valence-electron chi connectivity index (χ3n) is 1.26. The third-order valence-corrected chi connectivity index (χ3v) is 1.26. The summed E-state index contributed by atoms with van der Waals surface area (Å²) < 4.78 is 0.608. The molecule has 84 valence electrons. The fourth-order valence-corrected chi connectivity index (χ4v) is 0.300. The lowest BCUT2D eigenvalue weighted by atomic mass is 10.4. The minimum atomic E-state index is -1.44. The molecule has 1 atom stereocenters. The average molecular weight is 205 g/mol. The van der Waals surface area contributed by atoms with Crippen molar-refractivity contribution in [2.24, 2.45) is 10.7 Å². The minimum Gasteiger partial charge on any atom is -0.547 e. The molecule has 0 aliphatic carbocycles. The average Bonchev–Trinajstić information content (AvgIpc) is 2.02. The predicted molar refractivity (Wildman–Crippen MR) is 52.3 cm³/mol. The molecule has 14 heavy (non-hydrogen) atoms. The van der Waals surface area contributed by atoms with Crippen LogP contribution in [0, 0.1) is 0 Å². The van der Waals surface area contributed by atoms with Crippen molar-refractivity contribution in [2.75, 3.05) is 28.2 Å². The van der Waals surface area contributed by atoms with Crippen LogP contribution in [0.5, 0.6) is 0 Å². The van der Waals surface area contributed by atoms with Crippen molar-refractivity contribution in [3.05, 3.63) is 0 Å². The van der Waals surface area contributed by atoms with Crippen LogP contribution < -0.4 is 10.8 Å². The van der Waals surface area contributed by atoms with Gasteiger partial charge in [-0.1, -0.05) is 0 Å². The summed E-state index contributed by atoms with van der Waals surface area (Å²) in [4.78, 5) is 13.2. The molecule has 0 bridgehead atoms. The molecule has 0 amide bonds. The van der Waals surface area contributed by atoms with Crippen molar-refractivity contribution in [1.29, 1.82) is 0 Å². The Bertz CT molecular complexity index is 206. The van der Waals surface area contributed by atoms with Crippen molar-refractivity contribution in [1.82, 2.24) is 0 Å². The molecule has 6 heteroatoms. The number of rotatable bonds is 1. The lowest BCUT2D eigenvalue weighted by Gasteiger charge is -2.20. The minimum absolute atomic E-state index is 0.608. The Morgan fingerprint density at radius 1 is 1.50 bits per heavy atom. The number of aliphatic hydroxyl groups excluding tert-OH is 1. The number of aliphatic hydroxyl groups is 1. The highest BCUT2D eigenvalue weighted by atomic mass is 16.4. The van der Waals surface area contributed by atoms with E-state index >= 15 is 0 Å². The van der Waals surface area contributed by atoms with E-state index in [2.05, 4.69) is 4.99 Å². The molecular weight excluding hydrogens is 186 g/mol. The number of carboxylic acids is 1. The maximum Gasteiger partial charge on any atom is 0.294 e. The first-order valence-electron chi connectivity index (χ1n) is 4.06. The summed E-state index contributed by atoms with van der Waals surface area (Å²) in [5, 5.41) is 17.3. The number of guanidine groups is 1. The molecule has 0 aromatic rings. The second-order valence-electron chi connectivity index (χ2n) is 3.59. The maximum atomic E-state index is 9.34. The topological polar surface area (TPSA) is 98.7 Å². The molecule has 0 heterocycles. The van der Waals surface area contributed by atoms with Crippen LogP contribution in [0.3, 0.4) is 0 Å². The fourth-order valence-electron chi connectivity index (χ4n) is 0.300. The van der Waals surface area contributed by atoms with Gasteiger partial charge in [-0.2, -0.15) is 0 Å². The van der Waals surface area contributed by atoms with E-state index in [0.717, 1.165) is 6.92 Å². The van der Waals surface area contributed by atoms with Gasteiger partial charge in [-0.15, -0.1) is 0 Å². The summed E-state index contributed by atoms with van der Waals surface area (Å²) >= 11 is 0. The molecular formula is C8H19N3O3. The van der Waals surface area contributed by atoms with Gasteiger partial charge in [-0.3, -0.25) is 4.48 Å². The molecule has 0 rings (SSSR count). The second kappa shape index (κ2) is 6.33. The smallest absolute Gasteiger partial charge is 0.294 e. The number of carboxylic acid groups (broad SMARTS) is 1. The summed E-state index contributed by atoms with van der Waals surface area (Å²) in [5.41, 5.74) is 5.47. The van der Waals surface area contributed by atoms with Gasteiger partial charge in [0, 0.05) is 7.05 Å². The maximum absolute atomic E-state index is 9.34. The van der Waals surface area contributed by atoms with Crippen LogP contribution in [0.4, 0.5) is 0 Å². The third kappa shape index (κ3) is 8.95. The van der Waals surface area contributed by atoms with Crippen molar-refractivity contribution in [3.8, 4) is 0 Å². The van der Waals surface area contributed by atoms with Crippen LogP contribution in [0.1, 0.15) is 6.92 Å². The number of quaternary nitrogens is 1. The molecule has 0 saturated heterocycles. The van der Waals surface area contributed by atoms with Gasteiger partial charge in [0.15, 0.2) is 0 Å². The monoisotopic (exact) mass is 205 g/mol. The molecule has 6 nitrogen and oxygen atoms in total. The lowest BCUT2D eigenvalue weighted by molar-refractivity contribution is -0.778. The molecule has 0 aromatic carbocycles. The summed E-state index contributed by atoms with van der Waals surface area (Å²) in [5.74, 6) is -0.792. The van der Waals surface area contributed by atoms with Gasteiger partial charge in [-0.05, 0) is 6.92 Å². The molecule has 0 aromatic heterocycles. The Hall–Kier alpha value is -1.14. The number of carbonyl (C=O) groups is 1. The van der Waals surface area contributed by atoms with Gasteiger partial charge >= 0.3 is 0 Å². The zero-order chi connectivity index (χ0) is 11.9. The molecule has 0 spiro atoms. The largest absolute Gasteiger partial charge is 0.547 e. The molecule has 3 N–H and O–H groups in total. The summed E-state index contributed by atoms with van der Waals surface area (Å²) in [6, 6.07) is 0. The quantitative estimate of drug-likeness (QED) is 0.287. The SMILES string of the molecule is C/N=C(\N)[N+](C)(C)C.CC(O)C(=O)[O-]. The first kappa shape index (κ1) is 15.3.